The molecule has 1 unspecified atom stereocenters. The summed E-state index contributed by atoms with van der Waals surface area (Å²) < 4.78 is 18.6. The SMILES string of the molecule is NC(C(=O)N1CCN(Cc2cccc(F)c2)C(=O)C1)C1CCOCC1. The molecule has 2 aliphatic heterocycles. The fourth-order valence-electron chi connectivity index (χ4n) is 3.41. The molecule has 2 amide bonds. The number of benzene rings is 1. The number of nitrogens with zero attached hydrogens (tertiary/aromatic N) is 2. The average Bonchev–Trinajstić information content (AvgIpc) is 2.63. The molecule has 6 nitrogen and oxygen atoms in total. The molecule has 2 fully saturated rings. The lowest BCUT2D eigenvalue weighted by Gasteiger charge is -2.37. The summed E-state index contributed by atoms with van der Waals surface area (Å²) in [7, 11) is 0. The Bertz CT molecular complexity index is 634. The van der Waals surface area contributed by atoms with Crippen molar-refractivity contribution in [3.05, 3.63) is 35.6 Å². The largest absolute Gasteiger partial charge is 0.381 e. The van der Waals surface area contributed by atoms with Gasteiger partial charge < -0.3 is 20.3 Å². The van der Waals surface area contributed by atoms with Gasteiger partial charge in [-0.25, -0.2) is 4.39 Å². The Kier molecular flexibility index (Phi) is 5.65. The molecule has 3 rings (SSSR count). The summed E-state index contributed by atoms with van der Waals surface area (Å²) >= 11 is 0. The second-order valence-corrected chi connectivity index (χ2v) is 6.68. The number of ether oxygens (including phenoxy) is 1. The van der Waals surface area contributed by atoms with Crippen molar-refractivity contribution in [2.75, 3.05) is 32.8 Å². The molecule has 2 saturated heterocycles. The van der Waals surface area contributed by atoms with Crippen LogP contribution >= 0.6 is 0 Å². The van der Waals surface area contributed by atoms with Crippen LogP contribution in [0.25, 0.3) is 0 Å². The number of carbonyl (C=O) groups excluding carboxylic acids is 2. The van der Waals surface area contributed by atoms with Crippen molar-refractivity contribution >= 4 is 11.8 Å². The summed E-state index contributed by atoms with van der Waals surface area (Å²) in [5, 5.41) is 0. The van der Waals surface area contributed by atoms with E-state index >= 15 is 0 Å². The highest BCUT2D eigenvalue weighted by molar-refractivity contribution is 5.88. The maximum Gasteiger partial charge on any atom is 0.242 e. The molecule has 0 aromatic heterocycles. The molecule has 0 radical (unpaired) electrons. The molecule has 0 spiro atoms. The molecular formula is C18H24FN3O3. The third kappa shape index (κ3) is 4.35. The summed E-state index contributed by atoms with van der Waals surface area (Å²) in [4.78, 5) is 28.2. The lowest BCUT2D eigenvalue weighted by atomic mass is 9.91. The number of carbonyl (C=O) groups is 2. The Morgan fingerprint density at radius 2 is 2.08 bits per heavy atom. The summed E-state index contributed by atoms with van der Waals surface area (Å²) in [6, 6.07) is 5.63. The summed E-state index contributed by atoms with van der Waals surface area (Å²) in [6.07, 6.45) is 1.56. The molecule has 2 aliphatic rings. The van der Waals surface area contributed by atoms with Crippen LogP contribution in [0.5, 0.6) is 0 Å². The molecule has 0 aliphatic carbocycles. The van der Waals surface area contributed by atoms with Crippen LogP contribution in [0, 0.1) is 11.7 Å². The van der Waals surface area contributed by atoms with Gasteiger partial charge in [0.2, 0.25) is 11.8 Å². The maximum atomic E-state index is 13.3. The van der Waals surface area contributed by atoms with E-state index in [2.05, 4.69) is 0 Å². The molecule has 25 heavy (non-hydrogen) atoms. The van der Waals surface area contributed by atoms with Crippen molar-refractivity contribution in [2.24, 2.45) is 11.7 Å². The van der Waals surface area contributed by atoms with Gasteiger partial charge in [0.15, 0.2) is 0 Å². The van der Waals surface area contributed by atoms with E-state index in [4.69, 9.17) is 10.5 Å². The van der Waals surface area contributed by atoms with E-state index in [1.165, 1.54) is 12.1 Å². The fraction of sp³-hybridized carbons (Fsp3) is 0.556. The monoisotopic (exact) mass is 349 g/mol. The van der Waals surface area contributed by atoms with Crippen molar-refractivity contribution < 1.29 is 18.7 Å². The standard InChI is InChI=1S/C18H24FN3O3/c19-15-3-1-2-13(10-15)11-21-6-7-22(12-16(21)23)18(24)17(20)14-4-8-25-9-5-14/h1-3,10,14,17H,4-9,11-12,20H2. The van der Waals surface area contributed by atoms with Crippen LogP contribution in [-0.2, 0) is 20.9 Å². The van der Waals surface area contributed by atoms with Crippen molar-refractivity contribution in [2.45, 2.75) is 25.4 Å². The number of nitrogens with two attached hydrogens (primary N) is 1. The first-order chi connectivity index (χ1) is 12.0. The first-order valence-corrected chi connectivity index (χ1v) is 8.69. The highest BCUT2D eigenvalue weighted by atomic mass is 19.1. The van der Waals surface area contributed by atoms with Gasteiger partial charge in [0, 0.05) is 32.8 Å². The van der Waals surface area contributed by atoms with Crippen molar-refractivity contribution in [3.8, 4) is 0 Å². The van der Waals surface area contributed by atoms with Crippen LogP contribution in [0.1, 0.15) is 18.4 Å². The van der Waals surface area contributed by atoms with Gasteiger partial charge in [-0.1, -0.05) is 12.1 Å². The van der Waals surface area contributed by atoms with Gasteiger partial charge in [0.05, 0.1) is 12.6 Å². The Morgan fingerprint density at radius 1 is 1.32 bits per heavy atom. The first-order valence-electron chi connectivity index (χ1n) is 8.69. The van der Waals surface area contributed by atoms with Gasteiger partial charge in [-0.3, -0.25) is 9.59 Å². The van der Waals surface area contributed by atoms with E-state index in [9.17, 15) is 14.0 Å². The van der Waals surface area contributed by atoms with E-state index in [-0.39, 0.29) is 30.1 Å². The minimum Gasteiger partial charge on any atom is -0.381 e. The summed E-state index contributed by atoms with van der Waals surface area (Å²) in [5.41, 5.74) is 6.87. The molecule has 2 N–H and O–H groups in total. The molecule has 2 heterocycles. The van der Waals surface area contributed by atoms with Gasteiger partial charge in [0.25, 0.3) is 0 Å². The van der Waals surface area contributed by atoms with Gasteiger partial charge in [-0.05, 0) is 36.5 Å². The zero-order valence-electron chi connectivity index (χ0n) is 14.2. The van der Waals surface area contributed by atoms with Gasteiger partial charge >= 0.3 is 0 Å². The van der Waals surface area contributed by atoms with Crippen molar-refractivity contribution in [1.29, 1.82) is 0 Å². The Morgan fingerprint density at radius 3 is 2.76 bits per heavy atom. The van der Waals surface area contributed by atoms with Crippen LogP contribution in [0.3, 0.4) is 0 Å². The summed E-state index contributed by atoms with van der Waals surface area (Å²) in [6.45, 7) is 2.53. The van der Waals surface area contributed by atoms with Crippen LogP contribution in [-0.4, -0.2) is 60.5 Å². The quantitative estimate of drug-likeness (QED) is 0.870. The topological polar surface area (TPSA) is 75.9 Å². The molecule has 0 saturated carbocycles. The lowest BCUT2D eigenvalue weighted by molar-refractivity contribution is -0.147. The maximum absolute atomic E-state index is 13.3. The van der Waals surface area contributed by atoms with E-state index in [1.54, 1.807) is 21.9 Å². The second kappa shape index (κ2) is 7.93. The predicted octanol–water partition coefficient (Wildman–Crippen LogP) is 0.750. The van der Waals surface area contributed by atoms with Crippen LogP contribution < -0.4 is 5.73 Å². The second-order valence-electron chi connectivity index (χ2n) is 6.68. The molecule has 0 bridgehead atoms. The lowest BCUT2D eigenvalue weighted by Crippen LogP contribution is -2.57. The number of piperazine rings is 1. The molecule has 1 atom stereocenters. The zero-order valence-corrected chi connectivity index (χ0v) is 14.2. The average molecular weight is 349 g/mol. The van der Waals surface area contributed by atoms with E-state index in [0.717, 1.165) is 18.4 Å². The fourth-order valence-corrected chi connectivity index (χ4v) is 3.41. The normalized spacial score (nSPS) is 20.6. The zero-order chi connectivity index (χ0) is 17.8. The molecule has 1 aromatic carbocycles. The molecule has 136 valence electrons. The van der Waals surface area contributed by atoms with E-state index in [1.807, 2.05) is 0 Å². The molecule has 7 heteroatoms. The van der Waals surface area contributed by atoms with Crippen LogP contribution in [0.15, 0.2) is 24.3 Å². The third-order valence-corrected chi connectivity index (χ3v) is 4.95. The van der Waals surface area contributed by atoms with Gasteiger partial charge in [0.1, 0.15) is 5.82 Å². The number of rotatable bonds is 4. The third-order valence-electron chi connectivity index (χ3n) is 4.95. The number of hydrogen-bond acceptors (Lipinski definition) is 4. The van der Waals surface area contributed by atoms with Gasteiger partial charge in [-0.15, -0.1) is 0 Å². The molecular weight excluding hydrogens is 325 g/mol. The number of amides is 2. The Balaban J connectivity index is 1.55. The number of hydrogen-bond donors (Lipinski definition) is 1. The Hall–Kier alpha value is -1.99. The number of halogens is 1. The highest BCUT2D eigenvalue weighted by Crippen LogP contribution is 2.20. The summed E-state index contributed by atoms with van der Waals surface area (Å²) in [5.74, 6) is -0.503. The minimum atomic E-state index is -0.577. The van der Waals surface area contributed by atoms with E-state index in [0.29, 0.717) is 32.8 Å². The van der Waals surface area contributed by atoms with Crippen LogP contribution in [0.2, 0.25) is 0 Å². The van der Waals surface area contributed by atoms with Crippen LogP contribution in [0.4, 0.5) is 4.39 Å². The predicted molar refractivity (Wildman–Crippen MR) is 89.9 cm³/mol. The Labute approximate surface area is 146 Å². The first kappa shape index (κ1) is 17.8. The van der Waals surface area contributed by atoms with E-state index < -0.39 is 6.04 Å². The minimum absolute atomic E-state index is 0.0328. The van der Waals surface area contributed by atoms with Crippen molar-refractivity contribution in [3.63, 3.8) is 0 Å². The van der Waals surface area contributed by atoms with Gasteiger partial charge in [-0.2, -0.15) is 0 Å². The smallest absolute Gasteiger partial charge is 0.242 e. The highest BCUT2D eigenvalue weighted by Gasteiger charge is 2.33. The molecule has 1 aromatic rings. The van der Waals surface area contributed by atoms with Crippen molar-refractivity contribution in [1.82, 2.24) is 9.80 Å².